The van der Waals surface area contributed by atoms with E-state index in [1.54, 1.807) is 34.2 Å². The molecule has 0 unspecified atom stereocenters. The fourth-order valence-electron chi connectivity index (χ4n) is 2.49. The molecule has 0 aliphatic heterocycles. The highest BCUT2D eigenvalue weighted by Gasteiger charge is 2.16. The van der Waals surface area contributed by atoms with Gasteiger partial charge in [-0.3, -0.25) is 10.0 Å². The number of carbonyl (C=O) groups is 1. The van der Waals surface area contributed by atoms with Gasteiger partial charge in [-0.15, -0.1) is 0 Å². The topological polar surface area (TPSA) is 49.3 Å². The van der Waals surface area contributed by atoms with Crippen LogP contribution in [-0.4, -0.2) is 11.1 Å². The van der Waals surface area contributed by atoms with Gasteiger partial charge in [0.1, 0.15) is 0 Å². The van der Waals surface area contributed by atoms with Crippen molar-refractivity contribution in [2.45, 2.75) is 13.8 Å². The third-order valence-electron chi connectivity index (χ3n) is 3.68. The van der Waals surface area contributed by atoms with E-state index in [2.05, 4.69) is 23.1 Å². The summed E-state index contributed by atoms with van der Waals surface area (Å²) >= 11 is 3.27. The van der Waals surface area contributed by atoms with Crippen LogP contribution in [0.5, 0.6) is 0 Å². The number of aryl methyl sites for hydroxylation is 2. The van der Waals surface area contributed by atoms with Crippen LogP contribution in [0, 0.1) is 13.8 Å². The standard InChI is InChI=1S/C17H15NO2S2/c1-10-6-21-8-15(10)12-3-4-13(17(19)18-20)14(5-12)16-9-22-7-11(16)2/h3-9,20H,1-2H3,(H,18,19). The Bertz CT molecular complexity index is 833. The smallest absolute Gasteiger partial charge is 0.275 e. The van der Waals surface area contributed by atoms with Crippen molar-refractivity contribution in [2.75, 3.05) is 0 Å². The van der Waals surface area contributed by atoms with E-state index in [4.69, 9.17) is 5.21 Å². The van der Waals surface area contributed by atoms with Gasteiger partial charge in [0.2, 0.25) is 0 Å². The van der Waals surface area contributed by atoms with Crippen molar-refractivity contribution >= 4 is 28.6 Å². The first-order valence-electron chi connectivity index (χ1n) is 6.76. The normalized spacial score (nSPS) is 10.7. The Labute approximate surface area is 136 Å². The van der Waals surface area contributed by atoms with E-state index >= 15 is 0 Å². The zero-order valence-corrected chi connectivity index (χ0v) is 13.8. The second kappa shape index (κ2) is 6.04. The minimum absolute atomic E-state index is 0.473. The second-order valence-electron chi connectivity index (χ2n) is 5.14. The molecule has 2 N–H and O–H groups in total. The Morgan fingerprint density at radius 2 is 1.59 bits per heavy atom. The average Bonchev–Trinajstić information content (AvgIpc) is 3.14. The van der Waals surface area contributed by atoms with Crippen molar-refractivity contribution in [3.63, 3.8) is 0 Å². The first kappa shape index (κ1) is 15.0. The lowest BCUT2D eigenvalue weighted by molar-refractivity contribution is 0.0707. The summed E-state index contributed by atoms with van der Waals surface area (Å²) in [6, 6.07) is 5.71. The lowest BCUT2D eigenvalue weighted by Crippen LogP contribution is -2.19. The van der Waals surface area contributed by atoms with Crippen LogP contribution in [0.2, 0.25) is 0 Å². The van der Waals surface area contributed by atoms with Crippen LogP contribution in [0.15, 0.2) is 39.7 Å². The molecule has 0 atom stereocenters. The van der Waals surface area contributed by atoms with Crippen LogP contribution in [0.1, 0.15) is 21.5 Å². The molecular weight excluding hydrogens is 314 g/mol. The molecule has 0 fully saturated rings. The first-order chi connectivity index (χ1) is 10.6. The molecule has 5 heteroatoms. The number of rotatable bonds is 3. The third kappa shape index (κ3) is 2.59. The third-order valence-corrected chi connectivity index (χ3v) is 5.40. The zero-order chi connectivity index (χ0) is 15.7. The summed E-state index contributed by atoms with van der Waals surface area (Å²) in [7, 11) is 0. The predicted octanol–water partition coefficient (Wildman–Crippen LogP) is 4.88. The fourth-order valence-corrected chi connectivity index (χ4v) is 4.19. The van der Waals surface area contributed by atoms with Crippen LogP contribution in [0.4, 0.5) is 0 Å². The van der Waals surface area contributed by atoms with Gasteiger partial charge >= 0.3 is 0 Å². The minimum atomic E-state index is -0.491. The van der Waals surface area contributed by atoms with Crippen LogP contribution in [0.3, 0.4) is 0 Å². The van der Waals surface area contributed by atoms with Crippen molar-refractivity contribution in [3.05, 3.63) is 56.4 Å². The number of hydroxylamine groups is 1. The van der Waals surface area contributed by atoms with Gasteiger partial charge in [-0.25, -0.2) is 5.48 Å². The monoisotopic (exact) mass is 329 g/mol. The van der Waals surface area contributed by atoms with Crippen LogP contribution < -0.4 is 5.48 Å². The van der Waals surface area contributed by atoms with E-state index in [9.17, 15) is 4.79 Å². The molecule has 1 aromatic carbocycles. The van der Waals surface area contributed by atoms with Gasteiger partial charge < -0.3 is 0 Å². The molecule has 1 amide bonds. The molecule has 22 heavy (non-hydrogen) atoms. The molecule has 2 aromatic heterocycles. The molecule has 2 heterocycles. The van der Waals surface area contributed by atoms with Gasteiger partial charge in [0.15, 0.2) is 0 Å². The lowest BCUT2D eigenvalue weighted by atomic mass is 9.94. The van der Waals surface area contributed by atoms with E-state index < -0.39 is 5.91 Å². The molecule has 0 spiro atoms. The molecule has 3 nitrogen and oxygen atoms in total. The van der Waals surface area contributed by atoms with Crippen molar-refractivity contribution < 1.29 is 10.0 Å². The first-order valence-corrected chi connectivity index (χ1v) is 8.65. The highest BCUT2D eigenvalue weighted by molar-refractivity contribution is 7.08. The number of thiophene rings is 2. The van der Waals surface area contributed by atoms with E-state index in [1.807, 2.05) is 24.4 Å². The molecule has 0 radical (unpaired) electrons. The number of nitrogens with one attached hydrogen (secondary N) is 1. The van der Waals surface area contributed by atoms with Crippen LogP contribution >= 0.6 is 22.7 Å². The van der Waals surface area contributed by atoms with Crippen molar-refractivity contribution in [1.82, 2.24) is 5.48 Å². The fraction of sp³-hybridized carbons (Fsp3) is 0.118. The van der Waals surface area contributed by atoms with Crippen molar-refractivity contribution in [1.29, 1.82) is 0 Å². The van der Waals surface area contributed by atoms with E-state index in [0.717, 1.165) is 22.3 Å². The van der Waals surface area contributed by atoms with Gasteiger partial charge in [0, 0.05) is 5.56 Å². The van der Waals surface area contributed by atoms with Gasteiger partial charge in [0.05, 0.1) is 0 Å². The summed E-state index contributed by atoms with van der Waals surface area (Å²) in [6.45, 7) is 4.10. The SMILES string of the molecule is Cc1cscc1-c1ccc(C(=O)NO)c(-c2cscc2C)c1. The Morgan fingerprint density at radius 1 is 0.955 bits per heavy atom. The number of benzene rings is 1. The predicted molar refractivity (Wildman–Crippen MR) is 91.8 cm³/mol. The maximum absolute atomic E-state index is 11.9. The molecule has 0 aliphatic rings. The lowest BCUT2D eigenvalue weighted by Gasteiger charge is -2.11. The molecule has 112 valence electrons. The molecule has 0 saturated carbocycles. The highest BCUT2D eigenvalue weighted by atomic mass is 32.1. The largest absolute Gasteiger partial charge is 0.288 e. The van der Waals surface area contributed by atoms with Gasteiger partial charge in [0.25, 0.3) is 5.91 Å². The van der Waals surface area contributed by atoms with Gasteiger partial charge in [-0.05, 0) is 80.9 Å². The Hall–Kier alpha value is -1.95. The quantitative estimate of drug-likeness (QED) is 0.531. The van der Waals surface area contributed by atoms with Crippen molar-refractivity contribution in [3.8, 4) is 22.3 Å². The molecule has 0 saturated heterocycles. The minimum Gasteiger partial charge on any atom is -0.288 e. The molecular formula is C17H15NO2S2. The number of amides is 1. The second-order valence-corrected chi connectivity index (χ2v) is 6.63. The summed E-state index contributed by atoms with van der Waals surface area (Å²) < 4.78 is 0. The summed E-state index contributed by atoms with van der Waals surface area (Å²) in [4.78, 5) is 11.9. The maximum atomic E-state index is 11.9. The van der Waals surface area contributed by atoms with Gasteiger partial charge in [-0.2, -0.15) is 22.7 Å². The Balaban J connectivity index is 2.21. The molecule has 0 bridgehead atoms. The number of carbonyl (C=O) groups excluding carboxylic acids is 1. The Kier molecular flexibility index (Phi) is 4.11. The number of hydrogen-bond acceptors (Lipinski definition) is 4. The van der Waals surface area contributed by atoms with Crippen LogP contribution in [-0.2, 0) is 0 Å². The molecule has 0 aliphatic carbocycles. The van der Waals surface area contributed by atoms with E-state index in [-0.39, 0.29) is 0 Å². The summed E-state index contributed by atoms with van der Waals surface area (Å²) in [5.41, 5.74) is 8.67. The van der Waals surface area contributed by atoms with E-state index in [0.29, 0.717) is 5.56 Å². The summed E-state index contributed by atoms with van der Waals surface area (Å²) in [6.07, 6.45) is 0. The summed E-state index contributed by atoms with van der Waals surface area (Å²) in [5, 5.41) is 17.3. The van der Waals surface area contributed by atoms with Crippen LogP contribution in [0.25, 0.3) is 22.3 Å². The number of hydrogen-bond donors (Lipinski definition) is 2. The van der Waals surface area contributed by atoms with Gasteiger partial charge in [-0.1, -0.05) is 6.07 Å². The molecule has 3 rings (SSSR count). The van der Waals surface area contributed by atoms with Crippen molar-refractivity contribution in [2.24, 2.45) is 0 Å². The molecule has 3 aromatic rings. The highest BCUT2D eigenvalue weighted by Crippen LogP contribution is 2.35. The Morgan fingerprint density at radius 3 is 2.14 bits per heavy atom. The average molecular weight is 329 g/mol. The maximum Gasteiger partial charge on any atom is 0.275 e. The van der Waals surface area contributed by atoms with E-state index in [1.165, 1.54) is 11.1 Å². The zero-order valence-electron chi connectivity index (χ0n) is 12.2. The summed E-state index contributed by atoms with van der Waals surface area (Å²) in [5.74, 6) is -0.491.